The number of aliphatic carboxylic acids is 1. The third-order valence-electron chi connectivity index (χ3n) is 4.24. The quantitative estimate of drug-likeness (QED) is 0.668. The summed E-state index contributed by atoms with van der Waals surface area (Å²) in [6.07, 6.45) is 2.91. The van der Waals surface area contributed by atoms with Crippen LogP contribution in [-0.2, 0) is 24.7 Å². The van der Waals surface area contributed by atoms with Gasteiger partial charge in [-0.05, 0) is 17.2 Å². The molecule has 0 bridgehead atoms. The minimum Gasteiger partial charge on any atom is -0.480 e. The predicted octanol–water partition coefficient (Wildman–Crippen LogP) is 3.33. The Hall–Kier alpha value is -2.66. The molecule has 0 amide bonds. The maximum absolute atomic E-state index is 11.7. The molecule has 0 aliphatic rings. The van der Waals surface area contributed by atoms with Crippen LogP contribution in [0.25, 0.3) is 10.9 Å². The smallest absolute Gasteiger partial charge is 0.326 e. The molecule has 3 rings (SSSR count). The van der Waals surface area contributed by atoms with Gasteiger partial charge in [0.05, 0.1) is 4.99 Å². The highest BCUT2D eigenvalue weighted by Gasteiger charge is 2.21. The van der Waals surface area contributed by atoms with Gasteiger partial charge in [-0.2, -0.15) is 0 Å². The average Bonchev–Trinajstić information content (AvgIpc) is 2.91. The number of aromatic nitrogens is 1. The highest BCUT2D eigenvalue weighted by atomic mass is 32.1. The number of hydrogen-bond acceptors (Lipinski definition) is 2. The Kier molecular flexibility index (Phi) is 5.14. The van der Waals surface area contributed by atoms with Crippen LogP contribution in [0, 0.1) is 0 Å². The average molecular weight is 352 g/mol. The Morgan fingerprint density at radius 1 is 1.16 bits per heavy atom. The summed E-state index contributed by atoms with van der Waals surface area (Å²) in [5, 5.41) is 13.7. The molecule has 128 valence electrons. The van der Waals surface area contributed by atoms with Crippen molar-refractivity contribution in [2.75, 3.05) is 0 Å². The van der Waals surface area contributed by atoms with Crippen molar-refractivity contribution in [2.24, 2.45) is 7.05 Å². The molecule has 2 aromatic carbocycles. The van der Waals surface area contributed by atoms with Crippen LogP contribution in [0.1, 0.15) is 11.1 Å². The van der Waals surface area contributed by atoms with Crippen molar-refractivity contribution in [3.63, 3.8) is 0 Å². The van der Waals surface area contributed by atoms with Crippen LogP contribution < -0.4 is 5.32 Å². The fourth-order valence-electron chi connectivity index (χ4n) is 3.03. The van der Waals surface area contributed by atoms with Gasteiger partial charge in [0.25, 0.3) is 0 Å². The van der Waals surface area contributed by atoms with Crippen molar-refractivity contribution in [1.82, 2.24) is 9.88 Å². The molecule has 0 radical (unpaired) electrons. The third-order valence-corrected chi connectivity index (χ3v) is 4.51. The van der Waals surface area contributed by atoms with E-state index in [0.717, 1.165) is 22.0 Å². The lowest BCUT2D eigenvalue weighted by Gasteiger charge is -2.16. The van der Waals surface area contributed by atoms with Crippen LogP contribution in [0.4, 0.5) is 0 Å². The number of thiocarbonyl (C=S) groups is 1. The van der Waals surface area contributed by atoms with E-state index in [0.29, 0.717) is 17.8 Å². The maximum Gasteiger partial charge on any atom is 0.326 e. The third kappa shape index (κ3) is 4.06. The summed E-state index contributed by atoms with van der Waals surface area (Å²) < 4.78 is 2.02. The highest BCUT2D eigenvalue weighted by Crippen LogP contribution is 2.21. The summed E-state index contributed by atoms with van der Waals surface area (Å²) in [6, 6.07) is 17.0. The van der Waals surface area contributed by atoms with Crippen LogP contribution in [0.3, 0.4) is 0 Å². The van der Waals surface area contributed by atoms with Crippen molar-refractivity contribution in [3.05, 3.63) is 71.9 Å². The molecule has 1 heterocycles. The van der Waals surface area contributed by atoms with Gasteiger partial charge in [0.15, 0.2) is 0 Å². The van der Waals surface area contributed by atoms with Crippen molar-refractivity contribution >= 4 is 34.1 Å². The van der Waals surface area contributed by atoms with E-state index in [1.807, 2.05) is 72.4 Å². The van der Waals surface area contributed by atoms with Crippen LogP contribution in [0.15, 0.2) is 60.8 Å². The molecular weight excluding hydrogens is 332 g/mol. The summed E-state index contributed by atoms with van der Waals surface area (Å²) in [5.41, 5.74) is 3.16. The molecule has 0 saturated carbocycles. The molecule has 0 saturated heterocycles. The first-order valence-electron chi connectivity index (χ1n) is 8.13. The van der Waals surface area contributed by atoms with Gasteiger partial charge in [0.1, 0.15) is 6.04 Å². The number of carbonyl (C=O) groups is 1. The molecule has 0 aliphatic carbocycles. The van der Waals surface area contributed by atoms with Gasteiger partial charge >= 0.3 is 5.97 Å². The lowest BCUT2D eigenvalue weighted by Crippen LogP contribution is -2.42. The second-order valence-corrected chi connectivity index (χ2v) is 6.60. The van der Waals surface area contributed by atoms with Gasteiger partial charge in [0, 0.05) is 37.0 Å². The Labute approximate surface area is 152 Å². The Balaban J connectivity index is 1.75. The van der Waals surface area contributed by atoms with E-state index in [2.05, 4.69) is 5.32 Å². The number of nitrogens with one attached hydrogen (secondary N) is 1. The zero-order valence-electron chi connectivity index (χ0n) is 14.0. The van der Waals surface area contributed by atoms with E-state index < -0.39 is 12.0 Å². The van der Waals surface area contributed by atoms with Crippen LogP contribution >= 0.6 is 12.2 Å². The Morgan fingerprint density at radius 2 is 1.84 bits per heavy atom. The number of benzene rings is 2. The lowest BCUT2D eigenvalue weighted by molar-refractivity contribution is -0.139. The molecule has 5 heteroatoms. The normalized spacial score (nSPS) is 12.0. The first-order chi connectivity index (χ1) is 12.0. The molecule has 25 heavy (non-hydrogen) atoms. The molecular formula is C20H20N2O2S. The number of nitrogens with zero attached hydrogens (tertiary/aromatic N) is 1. The minimum atomic E-state index is -0.900. The molecule has 0 aliphatic heterocycles. The number of aryl methyl sites for hydroxylation is 1. The van der Waals surface area contributed by atoms with Gasteiger partial charge in [-0.3, -0.25) is 0 Å². The van der Waals surface area contributed by atoms with Crippen LogP contribution in [0.5, 0.6) is 0 Å². The Bertz CT molecular complexity index is 902. The van der Waals surface area contributed by atoms with Gasteiger partial charge in [-0.15, -0.1) is 0 Å². The van der Waals surface area contributed by atoms with E-state index in [9.17, 15) is 9.90 Å². The fraction of sp³-hybridized carbons (Fsp3) is 0.200. The highest BCUT2D eigenvalue weighted by molar-refractivity contribution is 7.80. The monoisotopic (exact) mass is 352 g/mol. The van der Waals surface area contributed by atoms with Crippen LogP contribution in [0.2, 0.25) is 0 Å². The number of para-hydroxylation sites is 1. The van der Waals surface area contributed by atoms with Crippen molar-refractivity contribution in [3.8, 4) is 0 Å². The molecule has 1 aromatic heterocycles. The zero-order chi connectivity index (χ0) is 17.8. The number of carboxylic acid groups (broad SMARTS) is 1. The number of rotatable bonds is 6. The first-order valence-corrected chi connectivity index (χ1v) is 8.54. The molecule has 0 spiro atoms. The fourth-order valence-corrected chi connectivity index (χ4v) is 3.34. The van der Waals surface area contributed by atoms with Crippen molar-refractivity contribution in [2.45, 2.75) is 18.9 Å². The second-order valence-electron chi connectivity index (χ2n) is 6.11. The number of carboxylic acids is 1. The van der Waals surface area contributed by atoms with Gasteiger partial charge in [-0.25, -0.2) is 4.79 Å². The molecule has 0 fully saturated rings. The maximum atomic E-state index is 11.7. The molecule has 1 atom stereocenters. The van der Waals surface area contributed by atoms with E-state index in [1.54, 1.807) is 0 Å². The second kappa shape index (κ2) is 7.49. The van der Waals surface area contributed by atoms with Gasteiger partial charge in [0.2, 0.25) is 0 Å². The van der Waals surface area contributed by atoms with E-state index in [4.69, 9.17) is 12.2 Å². The van der Waals surface area contributed by atoms with Crippen molar-refractivity contribution < 1.29 is 9.90 Å². The summed E-state index contributed by atoms with van der Waals surface area (Å²) in [4.78, 5) is 12.2. The van der Waals surface area contributed by atoms with Crippen LogP contribution in [-0.4, -0.2) is 26.7 Å². The summed E-state index contributed by atoms with van der Waals surface area (Å²) in [7, 11) is 1.97. The largest absolute Gasteiger partial charge is 0.480 e. The standard InChI is InChI=1S/C20H20N2O2S/c1-22-13-15(16-9-5-6-10-18(16)22)12-17(20(23)24)21-19(25)11-14-7-3-2-4-8-14/h2-10,13,17H,11-12H2,1H3,(H,21,25)(H,23,24)/t17-/m0/s1. The molecule has 2 N–H and O–H groups in total. The van der Waals surface area contributed by atoms with E-state index in [-0.39, 0.29) is 0 Å². The summed E-state index contributed by atoms with van der Waals surface area (Å²) >= 11 is 5.37. The summed E-state index contributed by atoms with van der Waals surface area (Å²) in [6.45, 7) is 0. The van der Waals surface area contributed by atoms with Crippen molar-refractivity contribution in [1.29, 1.82) is 0 Å². The first kappa shape index (κ1) is 17.2. The molecule has 3 aromatic rings. The van der Waals surface area contributed by atoms with Gasteiger partial charge < -0.3 is 15.0 Å². The van der Waals surface area contributed by atoms with Gasteiger partial charge in [-0.1, -0.05) is 60.7 Å². The number of hydrogen-bond donors (Lipinski definition) is 2. The molecule has 0 unspecified atom stereocenters. The topological polar surface area (TPSA) is 54.3 Å². The van der Waals surface area contributed by atoms with E-state index in [1.165, 1.54) is 0 Å². The Morgan fingerprint density at radius 3 is 2.56 bits per heavy atom. The van der Waals surface area contributed by atoms with E-state index >= 15 is 0 Å². The number of fused-ring (bicyclic) bond motifs is 1. The molecule has 4 nitrogen and oxygen atoms in total. The lowest BCUT2D eigenvalue weighted by atomic mass is 10.0. The SMILES string of the molecule is Cn1cc(C[C@H](NC(=S)Cc2ccccc2)C(=O)O)c2ccccc21. The summed E-state index contributed by atoms with van der Waals surface area (Å²) in [5.74, 6) is -0.900. The minimum absolute atomic E-state index is 0.381. The zero-order valence-corrected chi connectivity index (χ0v) is 14.8. The predicted molar refractivity (Wildman–Crippen MR) is 104 cm³/mol.